The highest BCUT2D eigenvalue weighted by molar-refractivity contribution is 5.95. The molecular formula is C26H32N2O4. The molecule has 2 aromatic carbocycles. The van der Waals surface area contributed by atoms with E-state index in [9.17, 15) is 9.59 Å². The number of nitrogens with zero attached hydrogens (tertiary/aromatic N) is 1. The van der Waals surface area contributed by atoms with Crippen LogP contribution in [0, 0.1) is 6.92 Å². The van der Waals surface area contributed by atoms with Gasteiger partial charge in [0.15, 0.2) is 0 Å². The Bertz CT molecular complexity index is 1000. The summed E-state index contributed by atoms with van der Waals surface area (Å²) >= 11 is 0. The normalized spacial score (nSPS) is 16.6. The number of aryl methyl sites for hydroxylation is 1. The topological polar surface area (TPSA) is 67.9 Å². The number of hydrogen-bond acceptors (Lipinski definition) is 4. The summed E-state index contributed by atoms with van der Waals surface area (Å²) in [6, 6.07) is 14.7. The second kappa shape index (κ2) is 9.47. The summed E-state index contributed by atoms with van der Waals surface area (Å²) in [6.07, 6.45) is 0. The number of esters is 1. The molecule has 1 N–H and O–H groups in total. The summed E-state index contributed by atoms with van der Waals surface area (Å²) in [5, 5.41) is 2.94. The maximum Gasteiger partial charge on any atom is 0.338 e. The zero-order chi connectivity index (χ0) is 23.5. The van der Waals surface area contributed by atoms with Crippen molar-refractivity contribution in [3.63, 3.8) is 0 Å². The molecule has 0 spiro atoms. The molecule has 0 fully saturated rings. The molecule has 0 aliphatic carbocycles. The quantitative estimate of drug-likeness (QED) is 0.655. The highest BCUT2D eigenvalue weighted by Gasteiger charge is 2.37. The second-order valence-corrected chi connectivity index (χ2v) is 9.00. The summed E-state index contributed by atoms with van der Waals surface area (Å²) in [7, 11) is 1.63. The van der Waals surface area contributed by atoms with Crippen LogP contribution in [0.1, 0.15) is 50.4 Å². The zero-order valence-corrected chi connectivity index (χ0v) is 19.7. The predicted octanol–water partition coefficient (Wildman–Crippen LogP) is 4.88. The first-order valence-corrected chi connectivity index (χ1v) is 10.9. The van der Waals surface area contributed by atoms with Gasteiger partial charge in [-0.05, 0) is 42.5 Å². The molecule has 1 unspecified atom stereocenters. The third kappa shape index (κ3) is 5.13. The van der Waals surface area contributed by atoms with E-state index in [-0.39, 0.29) is 24.7 Å². The van der Waals surface area contributed by atoms with Gasteiger partial charge in [0.1, 0.15) is 12.4 Å². The number of nitrogens with one attached hydrogen (secondary N) is 1. The van der Waals surface area contributed by atoms with Crippen molar-refractivity contribution in [3.05, 3.63) is 76.5 Å². The van der Waals surface area contributed by atoms with Crippen LogP contribution in [0.5, 0.6) is 5.75 Å². The van der Waals surface area contributed by atoms with E-state index < -0.39 is 12.0 Å². The van der Waals surface area contributed by atoms with Gasteiger partial charge in [-0.1, -0.05) is 62.7 Å². The maximum atomic E-state index is 13.0. The molecule has 0 bridgehead atoms. The van der Waals surface area contributed by atoms with Crippen molar-refractivity contribution in [3.8, 4) is 5.75 Å². The highest BCUT2D eigenvalue weighted by atomic mass is 16.5. The van der Waals surface area contributed by atoms with Gasteiger partial charge < -0.3 is 14.8 Å². The Kier molecular flexibility index (Phi) is 6.92. The Morgan fingerprint density at radius 1 is 1.06 bits per heavy atom. The van der Waals surface area contributed by atoms with Gasteiger partial charge >= 0.3 is 12.0 Å². The molecule has 1 heterocycles. The first-order chi connectivity index (χ1) is 15.1. The number of ether oxygens (including phenoxy) is 2. The fourth-order valence-corrected chi connectivity index (χ4v) is 3.59. The van der Waals surface area contributed by atoms with E-state index in [1.807, 2.05) is 55.5 Å². The fourth-order valence-electron chi connectivity index (χ4n) is 3.59. The van der Waals surface area contributed by atoms with Gasteiger partial charge in [0.2, 0.25) is 0 Å². The molecule has 6 nitrogen and oxygen atoms in total. The number of carbonyl (C=O) groups is 2. The standard InChI is InChI=1S/C26H32N2O4/c1-7-31-24(29)22-21(16-32-20-14-8-17(2)9-15-20)28(6)25(30)27-23(22)18-10-12-19(13-11-18)26(3,4)5/h8-15,23H,7,16H2,1-6H3,(H,27,30). The van der Waals surface area contributed by atoms with E-state index in [0.29, 0.717) is 17.0 Å². The maximum absolute atomic E-state index is 13.0. The van der Waals surface area contributed by atoms with Crippen LogP contribution in [0.4, 0.5) is 4.79 Å². The van der Waals surface area contributed by atoms with Crippen molar-refractivity contribution in [1.82, 2.24) is 10.2 Å². The van der Waals surface area contributed by atoms with Crippen LogP contribution in [-0.4, -0.2) is 37.2 Å². The third-order valence-corrected chi connectivity index (χ3v) is 5.58. The Morgan fingerprint density at radius 3 is 2.25 bits per heavy atom. The first-order valence-electron chi connectivity index (χ1n) is 10.9. The number of benzene rings is 2. The number of rotatable bonds is 6. The van der Waals surface area contributed by atoms with Gasteiger partial charge in [-0.25, -0.2) is 9.59 Å². The third-order valence-electron chi connectivity index (χ3n) is 5.58. The van der Waals surface area contributed by atoms with Gasteiger partial charge in [0.05, 0.1) is 23.9 Å². The van der Waals surface area contributed by atoms with Crippen LogP contribution in [0.15, 0.2) is 59.8 Å². The summed E-state index contributed by atoms with van der Waals surface area (Å²) < 4.78 is 11.3. The van der Waals surface area contributed by atoms with Crippen LogP contribution in [0.3, 0.4) is 0 Å². The predicted molar refractivity (Wildman–Crippen MR) is 125 cm³/mol. The highest BCUT2D eigenvalue weighted by Crippen LogP contribution is 2.33. The van der Waals surface area contributed by atoms with Crippen LogP contribution >= 0.6 is 0 Å². The van der Waals surface area contributed by atoms with E-state index >= 15 is 0 Å². The van der Waals surface area contributed by atoms with E-state index in [1.54, 1.807) is 14.0 Å². The van der Waals surface area contributed by atoms with Gasteiger partial charge in [-0.3, -0.25) is 4.90 Å². The van der Waals surface area contributed by atoms with Crippen molar-refractivity contribution < 1.29 is 19.1 Å². The average molecular weight is 437 g/mol. The number of urea groups is 1. The van der Waals surface area contributed by atoms with Crippen LogP contribution in [0.25, 0.3) is 0 Å². The van der Waals surface area contributed by atoms with Crippen LogP contribution < -0.4 is 10.1 Å². The van der Waals surface area contributed by atoms with E-state index in [0.717, 1.165) is 11.1 Å². The van der Waals surface area contributed by atoms with Gasteiger partial charge in [-0.15, -0.1) is 0 Å². The first kappa shape index (κ1) is 23.4. The average Bonchev–Trinajstić information content (AvgIpc) is 2.75. The monoisotopic (exact) mass is 436 g/mol. The Labute approximate surface area is 190 Å². The van der Waals surface area contributed by atoms with Crippen molar-refractivity contribution in [1.29, 1.82) is 0 Å². The molecule has 2 amide bonds. The minimum Gasteiger partial charge on any atom is -0.487 e. The Hall–Kier alpha value is -3.28. The smallest absolute Gasteiger partial charge is 0.338 e. The minimum atomic E-state index is -0.622. The van der Waals surface area contributed by atoms with Gasteiger partial charge in [0, 0.05) is 7.05 Å². The van der Waals surface area contributed by atoms with E-state index in [1.165, 1.54) is 10.5 Å². The molecular weight excluding hydrogens is 404 g/mol. The number of carbonyl (C=O) groups excluding carboxylic acids is 2. The van der Waals surface area contributed by atoms with E-state index in [4.69, 9.17) is 9.47 Å². The molecule has 2 aromatic rings. The van der Waals surface area contributed by atoms with Crippen LogP contribution in [-0.2, 0) is 14.9 Å². The molecule has 1 atom stereocenters. The lowest BCUT2D eigenvalue weighted by atomic mass is 9.85. The van der Waals surface area contributed by atoms with E-state index in [2.05, 4.69) is 26.1 Å². The molecule has 0 saturated carbocycles. The number of amides is 2. The molecule has 170 valence electrons. The Balaban J connectivity index is 2.01. The molecule has 32 heavy (non-hydrogen) atoms. The van der Waals surface area contributed by atoms with Crippen LogP contribution in [0.2, 0.25) is 0 Å². The molecule has 3 rings (SSSR count). The lowest BCUT2D eigenvalue weighted by molar-refractivity contribution is -0.139. The van der Waals surface area contributed by atoms with Gasteiger partial charge in [-0.2, -0.15) is 0 Å². The SMILES string of the molecule is CCOC(=O)C1=C(COc2ccc(C)cc2)N(C)C(=O)NC1c1ccc(C(C)(C)C)cc1. The lowest BCUT2D eigenvalue weighted by Crippen LogP contribution is -2.48. The van der Waals surface area contributed by atoms with Gasteiger partial charge in [0.25, 0.3) is 0 Å². The van der Waals surface area contributed by atoms with Crippen molar-refractivity contribution in [2.75, 3.05) is 20.3 Å². The van der Waals surface area contributed by atoms with Crippen molar-refractivity contribution in [2.45, 2.75) is 46.1 Å². The molecule has 1 aliphatic heterocycles. The summed E-state index contributed by atoms with van der Waals surface area (Å²) in [6.45, 7) is 10.5. The molecule has 0 radical (unpaired) electrons. The number of likely N-dealkylation sites (N-methyl/N-ethyl adjacent to an activating group) is 1. The summed E-state index contributed by atoms with van der Waals surface area (Å²) in [4.78, 5) is 27.2. The minimum absolute atomic E-state index is 0.00140. The Morgan fingerprint density at radius 2 is 1.69 bits per heavy atom. The molecule has 0 saturated heterocycles. The van der Waals surface area contributed by atoms with Crippen molar-refractivity contribution in [2.24, 2.45) is 0 Å². The molecule has 0 aromatic heterocycles. The summed E-state index contributed by atoms with van der Waals surface area (Å²) in [5.41, 5.74) is 3.97. The second-order valence-electron chi connectivity index (χ2n) is 9.00. The molecule has 1 aliphatic rings. The largest absolute Gasteiger partial charge is 0.487 e. The number of hydrogen-bond donors (Lipinski definition) is 1. The molecule has 6 heteroatoms. The lowest BCUT2D eigenvalue weighted by Gasteiger charge is -2.34. The fraction of sp³-hybridized carbons (Fsp3) is 0.385. The zero-order valence-electron chi connectivity index (χ0n) is 19.7. The van der Waals surface area contributed by atoms with Crippen molar-refractivity contribution >= 4 is 12.0 Å². The summed E-state index contributed by atoms with van der Waals surface area (Å²) in [5.74, 6) is 0.198.